The summed E-state index contributed by atoms with van der Waals surface area (Å²) in [6, 6.07) is 1.51. The molecule has 3 heterocycles. The van der Waals surface area contributed by atoms with E-state index in [9.17, 15) is 9.59 Å². The van der Waals surface area contributed by atoms with Gasteiger partial charge in [0.25, 0.3) is 5.56 Å². The number of carboxylic acid groups (broad SMARTS) is 1. The number of thiazole rings is 1. The van der Waals surface area contributed by atoms with E-state index in [2.05, 4.69) is 4.98 Å². The zero-order chi connectivity index (χ0) is 12.7. The van der Waals surface area contributed by atoms with Crippen molar-refractivity contribution in [3.8, 4) is 0 Å². The number of hydrogen-bond donors (Lipinski definition) is 1. The molecule has 0 amide bonds. The third-order valence-electron chi connectivity index (χ3n) is 3.05. The molecule has 1 aliphatic rings. The summed E-state index contributed by atoms with van der Waals surface area (Å²) in [5, 5.41) is 10.6. The molecule has 0 spiro atoms. The van der Waals surface area contributed by atoms with Crippen LogP contribution in [0.15, 0.2) is 22.4 Å². The fourth-order valence-electron chi connectivity index (χ4n) is 2.05. The number of hydrogen-bond acceptors (Lipinski definition) is 5. The highest BCUT2D eigenvalue weighted by molar-refractivity contribution is 7.15. The molecule has 94 valence electrons. The normalized spacial score (nSPS) is 16.9. The van der Waals surface area contributed by atoms with Crippen molar-refractivity contribution < 1.29 is 9.90 Å². The third-order valence-corrected chi connectivity index (χ3v) is 3.80. The van der Waals surface area contributed by atoms with Gasteiger partial charge in [0, 0.05) is 37.3 Å². The number of rotatable bonds is 3. The maximum Gasteiger partial charge on any atom is 0.309 e. The highest BCUT2D eigenvalue weighted by Crippen LogP contribution is 2.18. The van der Waals surface area contributed by atoms with Crippen molar-refractivity contribution in [2.75, 3.05) is 13.1 Å². The zero-order valence-electron chi connectivity index (χ0n) is 9.44. The van der Waals surface area contributed by atoms with Crippen LogP contribution in [-0.4, -0.2) is 38.4 Å². The third kappa shape index (κ3) is 1.91. The molecule has 2 aromatic rings. The van der Waals surface area contributed by atoms with Gasteiger partial charge in [-0.25, -0.2) is 4.98 Å². The molecule has 18 heavy (non-hydrogen) atoms. The Morgan fingerprint density at radius 3 is 3.06 bits per heavy atom. The smallest absolute Gasteiger partial charge is 0.309 e. The van der Waals surface area contributed by atoms with E-state index in [0.29, 0.717) is 30.3 Å². The SMILES string of the molecule is O=C(O)C1CN(Cc2cc(=O)n3ccsc3n2)C1. The van der Waals surface area contributed by atoms with E-state index in [1.54, 1.807) is 6.20 Å². The average molecular weight is 265 g/mol. The van der Waals surface area contributed by atoms with Crippen LogP contribution in [0.3, 0.4) is 0 Å². The van der Waals surface area contributed by atoms with Crippen LogP contribution in [0, 0.1) is 5.92 Å². The van der Waals surface area contributed by atoms with Crippen LogP contribution in [-0.2, 0) is 11.3 Å². The van der Waals surface area contributed by atoms with Gasteiger partial charge >= 0.3 is 5.97 Å². The molecule has 2 aromatic heterocycles. The topological polar surface area (TPSA) is 74.9 Å². The summed E-state index contributed by atoms with van der Waals surface area (Å²) in [6.07, 6.45) is 1.70. The van der Waals surface area contributed by atoms with Gasteiger partial charge in [-0.2, -0.15) is 0 Å². The fourth-order valence-corrected chi connectivity index (χ4v) is 2.79. The number of likely N-dealkylation sites (tertiary alicyclic amines) is 1. The molecule has 1 N–H and O–H groups in total. The molecular weight excluding hydrogens is 254 g/mol. The van der Waals surface area contributed by atoms with Crippen LogP contribution in [0.2, 0.25) is 0 Å². The Bertz CT molecular complexity index is 657. The fraction of sp³-hybridized carbons (Fsp3) is 0.364. The lowest BCUT2D eigenvalue weighted by atomic mass is 10.0. The lowest BCUT2D eigenvalue weighted by molar-refractivity contribution is -0.147. The minimum absolute atomic E-state index is 0.0911. The standard InChI is InChI=1S/C11H11N3O3S/c15-9-3-8(12-11-14(9)1-2-18-11)6-13-4-7(5-13)10(16)17/h1-3,7H,4-6H2,(H,16,17). The largest absolute Gasteiger partial charge is 0.481 e. The van der Waals surface area contributed by atoms with Gasteiger partial charge in [-0.05, 0) is 0 Å². The molecule has 0 saturated carbocycles. The van der Waals surface area contributed by atoms with Gasteiger partial charge in [0.05, 0.1) is 11.6 Å². The van der Waals surface area contributed by atoms with E-state index in [4.69, 9.17) is 5.11 Å². The van der Waals surface area contributed by atoms with Gasteiger partial charge in [0.1, 0.15) is 0 Å². The second kappa shape index (κ2) is 4.18. The summed E-state index contributed by atoms with van der Waals surface area (Å²) in [6.45, 7) is 1.59. The second-order valence-corrected chi connectivity index (χ2v) is 5.24. The minimum Gasteiger partial charge on any atom is -0.481 e. The van der Waals surface area contributed by atoms with Gasteiger partial charge < -0.3 is 5.11 Å². The highest BCUT2D eigenvalue weighted by atomic mass is 32.1. The molecule has 1 saturated heterocycles. The minimum atomic E-state index is -0.756. The molecule has 0 aliphatic carbocycles. The Morgan fingerprint density at radius 1 is 1.56 bits per heavy atom. The van der Waals surface area contributed by atoms with Gasteiger partial charge in [0.2, 0.25) is 0 Å². The molecule has 1 aliphatic heterocycles. The predicted octanol–water partition coefficient (Wildman–Crippen LogP) is 0.272. The van der Waals surface area contributed by atoms with Crippen LogP contribution < -0.4 is 5.56 Å². The van der Waals surface area contributed by atoms with E-state index in [1.165, 1.54) is 21.8 Å². The molecule has 0 unspecified atom stereocenters. The lowest BCUT2D eigenvalue weighted by Crippen LogP contribution is -2.49. The molecule has 6 nitrogen and oxygen atoms in total. The van der Waals surface area contributed by atoms with Crippen LogP contribution >= 0.6 is 11.3 Å². The Hall–Kier alpha value is -1.73. The van der Waals surface area contributed by atoms with E-state index in [-0.39, 0.29) is 11.5 Å². The molecular formula is C11H11N3O3S. The van der Waals surface area contributed by atoms with E-state index in [0.717, 1.165) is 0 Å². The van der Waals surface area contributed by atoms with Crippen molar-refractivity contribution in [2.24, 2.45) is 5.92 Å². The second-order valence-electron chi connectivity index (χ2n) is 4.37. The quantitative estimate of drug-likeness (QED) is 0.862. The molecule has 0 aromatic carbocycles. The number of carbonyl (C=O) groups is 1. The Kier molecular flexibility index (Phi) is 2.64. The van der Waals surface area contributed by atoms with Gasteiger partial charge in [-0.1, -0.05) is 0 Å². The molecule has 1 fully saturated rings. The van der Waals surface area contributed by atoms with Crippen LogP contribution in [0.1, 0.15) is 5.69 Å². The Morgan fingerprint density at radius 2 is 2.33 bits per heavy atom. The van der Waals surface area contributed by atoms with Gasteiger partial charge in [-0.3, -0.25) is 18.9 Å². The van der Waals surface area contributed by atoms with Crippen molar-refractivity contribution in [1.82, 2.24) is 14.3 Å². The molecule has 0 atom stereocenters. The summed E-state index contributed by atoms with van der Waals surface area (Å²) in [4.78, 5) is 29.4. The Balaban J connectivity index is 1.76. The predicted molar refractivity (Wildman–Crippen MR) is 65.7 cm³/mol. The van der Waals surface area contributed by atoms with Gasteiger partial charge in [-0.15, -0.1) is 11.3 Å². The van der Waals surface area contributed by atoms with Crippen molar-refractivity contribution >= 4 is 22.3 Å². The summed E-state index contributed by atoms with van der Waals surface area (Å²) in [7, 11) is 0. The van der Waals surface area contributed by atoms with Crippen LogP contribution in [0.25, 0.3) is 4.96 Å². The van der Waals surface area contributed by atoms with E-state index < -0.39 is 5.97 Å². The first-order valence-electron chi connectivity index (χ1n) is 5.54. The van der Waals surface area contributed by atoms with Crippen molar-refractivity contribution in [2.45, 2.75) is 6.54 Å². The molecule has 0 radical (unpaired) electrons. The summed E-state index contributed by atoms with van der Waals surface area (Å²) in [5.74, 6) is -1.04. The van der Waals surface area contributed by atoms with Crippen LogP contribution in [0.4, 0.5) is 0 Å². The summed E-state index contributed by atoms with van der Waals surface area (Å²) < 4.78 is 1.50. The molecule has 3 rings (SSSR count). The monoisotopic (exact) mass is 265 g/mol. The maximum absolute atomic E-state index is 11.7. The average Bonchev–Trinajstić information content (AvgIpc) is 2.70. The number of carboxylic acids is 1. The number of aromatic nitrogens is 2. The first-order chi connectivity index (χ1) is 8.63. The number of aliphatic carboxylic acids is 1. The first-order valence-corrected chi connectivity index (χ1v) is 6.42. The maximum atomic E-state index is 11.7. The van der Waals surface area contributed by atoms with E-state index in [1.807, 2.05) is 10.3 Å². The van der Waals surface area contributed by atoms with Crippen molar-refractivity contribution in [1.29, 1.82) is 0 Å². The summed E-state index contributed by atoms with van der Waals surface area (Å²) >= 11 is 1.41. The van der Waals surface area contributed by atoms with Crippen molar-refractivity contribution in [3.05, 3.63) is 33.7 Å². The summed E-state index contributed by atoms with van der Waals surface area (Å²) in [5.41, 5.74) is 0.609. The molecule has 7 heteroatoms. The highest BCUT2D eigenvalue weighted by Gasteiger charge is 2.32. The van der Waals surface area contributed by atoms with Crippen LogP contribution in [0.5, 0.6) is 0 Å². The van der Waals surface area contributed by atoms with Crippen molar-refractivity contribution in [3.63, 3.8) is 0 Å². The first kappa shape index (κ1) is 11.4. The Labute approximate surface area is 106 Å². The molecule has 0 bridgehead atoms. The zero-order valence-corrected chi connectivity index (χ0v) is 10.3. The van der Waals surface area contributed by atoms with Gasteiger partial charge in [0.15, 0.2) is 4.96 Å². The number of fused-ring (bicyclic) bond motifs is 1. The number of nitrogens with zero attached hydrogens (tertiary/aromatic N) is 3. The lowest BCUT2D eigenvalue weighted by Gasteiger charge is -2.36. The van der Waals surface area contributed by atoms with E-state index >= 15 is 0 Å².